The number of halogens is 1. The van der Waals surface area contributed by atoms with Gasteiger partial charge in [-0.15, -0.1) is 0 Å². The molecular weight excluding hydrogens is 234 g/mol. The van der Waals surface area contributed by atoms with Crippen LogP contribution < -0.4 is 11.3 Å². The van der Waals surface area contributed by atoms with E-state index < -0.39 is 0 Å². The molecule has 1 aromatic carbocycles. The van der Waals surface area contributed by atoms with Crippen LogP contribution in [0.2, 0.25) is 5.02 Å². The lowest BCUT2D eigenvalue weighted by Gasteiger charge is -2.12. The monoisotopic (exact) mass is 251 g/mol. The van der Waals surface area contributed by atoms with Gasteiger partial charge in [-0.25, -0.2) is 5.84 Å². The molecule has 4 heteroatoms. The summed E-state index contributed by atoms with van der Waals surface area (Å²) in [6, 6.07) is 6.17. The highest BCUT2D eigenvalue weighted by atomic mass is 35.5. The molecule has 0 saturated heterocycles. The van der Waals surface area contributed by atoms with Crippen LogP contribution in [0.15, 0.2) is 23.2 Å². The van der Waals surface area contributed by atoms with Crippen molar-refractivity contribution in [1.82, 2.24) is 5.43 Å². The first kappa shape index (κ1) is 12.4. The van der Waals surface area contributed by atoms with E-state index >= 15 is 0 Å². The van der Waals surface area contributed by atoms with Crippen molar-refractivity contribution in [2.45, 2.75) is 38.6 Å². The molecule has 3 N–H and O–H groups in total. The average molecular weight is 252 g/mol. The van der Waals surface area contributed by atoms with Gasteiger partial charge in [0.05, 0.1) is 6.04 Å². The molecule has 1 aromatic rings. The van der Waals surface area contributed by atoms with Gasteiger partial charge in [0.1, 0.15) is 5.84 Å². The number of nitrogens with two attached hydrogens (primary N) is 1. The minimum absolute atomic E-state index is 0.413. The summed E-state index contributed by atoms with van der Waals surface area (Å²) in [6.45, 7) is 2.02. The Balaban J connectivity index is 2.27. The molecule has 17 heavy (non-hydrogen) atoms. The van der Waals surface area contributed by atoms with Crippen LogP contribution in [0.4, 0.5) is 0 Å². The lowest BCUT2D eigenvalue weighted by atomic mass is 10.1. The summed E-state index contributed by atoms with van der Waals surface area (Å²) in [7, 11) is 0. The maximum atomic E-state index is 5.94. The summed E-state index contributed by atoms with van der Waals surface area (Å²) in [6.07, 6.45) is 4.87. The quantitative estimate of drug-likeness (QED) is 0.368. The molecule has 0 aromatic heterocycles. The van der Waals surface area contributed by atoms with Crippen molar-refractivity contribution in [3.63, 3.8) is 0 Å². The van der Waals surface area contributed by atoms with Crippen molar-refractivity contribution >= 4 is 17.4 Å². The van der Waals surface area contributed by atoms with Gasteiger partial charge >= 0.3 is 0 Å². The SMILES string of the molecule is Cc1cc(Cl)ccc1C(=NC1CCCC1)NN. The number of aliphatic imine (C=N–C) groups is 1. The Bertz CT molecular complexity index is 423. The highest BCUT2D eigenvalue weighted by Gasteiger charge is 2.15. The van der Waals surface area contributed by atoms with Crippen molar-refractivity contribution < 1.29 is 0 Å². The van der Waals surface area contributed by atoms with Crippen molar-refractivity contribution in [3.05, 3.63) is 34.3 Å². The zero-order valence-corrected chi connectivity index (χ0v) is 10.8. The van der Waals surface area contributed by atoms with Crippen molar-refractivity contribution in [2.24, 2.45) is 10.8 Å². The summed E-state index contributed by atoms with van der Waals surface area (Å²) in [5.74, 6) is 6.35. The lowest BCUT2D eigenvalue weighted by molar-refractivity contribution is 0.700. The Morgan fingerprint density at radius 2 is 2.12 bits per heavy atom. The van der Waals surface area contributed by atoms with E-state index in [1.54, 1.807) is 0 Å². The summed E-state index contributed by atoms with van der Waals surface area (Å²) in [5, 5.41) is 0.739. The van der Waals surface area contributed by atoms with Gasteiger partial charge < -0.3 is 5.43 Å². The smallest absolute Gasteiger partial charge is 0.143 e. The molecule has 1 saturated carbocycles. The molecule has 0 heterocycles. The van der Waals surface area contributed by atoms with Crippen LogP contribution in [0.3, 0.4) is 0 Å². The van der Waals surface area contributed by atoms with Gasteiger partial charge in [0.25, 0.3) is 0 Å². The molecule has 0 radical (unpaired) electrons. The maximum absolute atomic E-state index is 5.94. The third-order valence-corrected chi connectivity index (χ3v) is 3.45. The maximum Gasteiger partial charge on any atom is 0.143 e. The van der Waals surface area contributed by atoms with Crippen molar-refractivity contribution in [3.8, 4) is 0 Å². The largest absolute Gasteiger partial charge is 0.308 e. The summed E-state index contributed by atoms with van der Waals surface area (Å²) in [5.41, 5.74) is 4.83. The molecule has 0 bridgehead atoms. The number of hydrazine groups is 1. The second-order valence-corrected chi connectivity index (χ2v) is 4.96. The van der Waals surface area contributed by atoms with E-state index in [1.165, 1.54) is 12.8 Å². The molecule has 2 rings (SSSR count). The molecule has 0 amide bonds. The van der Waals surface area contributed by atoms with Crippen LogP contribution in [0.25, 0.3) is 0 Å². The van der Waals surface area contributed by atoms with Crippen molar-refractivity contribution in [1.29, 1.82) is 0 Å². The van der Waals surface area contributed by atoms with Crippen molar-refractivity contribution in [2.75, 3.05) is 0 Å². The molecular formula is C13H18ClN3. The minimum atomic E-state index is 0.413. The normalized spacial score (nSPS) is 17.5. The molecule has 1 aliphatic carbocycles. The van der Waals surface area contributed by atoms with Crippen LogP contribution in [0.1, 0.15) is 36.8 Å². The average Bonchev–Trinajstić information content (AvgIpc) is 2.79. The summed E-state index contributed by atoms with van der Waals surface area (Å²) >= 11 is 5.94. The predicted molar refractivity (Wildman–Crippen MR) is 72.3 cm³/mol. The van der Waals surface area contributed by atoms with Gasteiger partial charge in [-0.1, -0.05) is 24.4 Å². The zero-order valence-electron chi connectivity index (χ0n) is 10.0. The molecule has 0 spiro atoms. The van der Waals surface area contributed by atoms with E-state index in [4.69, 9.17) is 22.4 Å². The van der Waals surface area contributed by atoms with E-state index in [9.17, 15) is 0 Å². The summed E-state index contributed by atoms with van der Waals surface area (Å²) in [4.78, 5) is 4.69. The Morgan fingerprint density at radius 1 is 1.41 bits per heavy atom. The molecule has 1 aliphatic rings. The standard InChI is InChI=1S/C13H18ClN3/c1-9-8-10(14)6-7-12(9)13(17-15)16-11-4-2-3-5-11/h6-8,11H,2-5,15H2,1H3,(H,16,17). The van der Waals surface area contributed by atoms with E-state index in [0.717, 1.165) is 34.8 Å². The molecule has 0 atom stereocenters. The number of nitrogens with zero attached hydrogens (tertiary/aromatic N) is 1. The molecule has 1 fully saturated rings. The second-order valence-electron chi connectivity index (χ2n) is 4.52. The summed E-state index contributed by atoms with van der Waals surface area (Å²) < 4.78 is 0. The van der Waals surface area contributed by atoms with E-state index in [2.05, 4.69) is 5.43 Å². The van der Waals surface area contributed by atoms with Crippen LogP contribution in [-0.2, 0) is 0 Å². The first-order valence-electron chi connectivity index (χ1n) is 6.01. The van der Waals surface area contributed by atoms with Gasteiger partial charge in [-0.2, -0.15) is 0 Å². The fraction of sp³-hybridized carbons (Fsp3) is 0.462. The number of hydrogen-bond donors (Lipinski definition) is 2. The highest BCUT2D eigenvalue weighted by molar-refractivity contribution is 6.30. The number of amidine groups is 1. The van der Waals surface area contributed by atoms with Crippen LogP contribution in [0, 0.1) is 6.92 Å². The van der Waals surface area contributed by atoms with Gasteiger partial charge in [-0.3, -0.25) is 4.99 Å². The van der Waals surface area contributed by atoms with E-state index in [1.807, 2.05) is 25.1 Å². The predicted octanol–water partition coefficient (Wildman–Crippen LogP) is 2.80. The highest BCUT2D eigenvalue weighted by Crippen LogP contribution is 2.22. The fourth-order valence-corrected chi connectivity index (χ4v) is 2.52. The molecule has 0 unspecified atom stereocenters. The Morgan fingerprint density at radius 3 is 2.71 bits per heavy atom. The van der Waals surface area contributed by atoms with Crippen LogP contribution in [-0.4, -0.2) is 11.9 Å². The van der Waals surface area contributed by atoms with Crippen LogP contribution >= 0.6 is 11.6 Å². The Kier molecular flexibility index (Phi) is 4.02. The number of rotatable bonds is 2. The van der Waals surface area contributed by atoms with Gasteiger partial charge in [0, 0.05) is 10.6 Å². The van der Waals surface area contributed by atoms with E-state index in [-0.39, 0.29) is 0 Å². The number of hydrogen-bond acceptors (Lipinski definition) is 2. The van der Waals surface area contributed by atoms with Crippen LogP contribution in [0.5, 0.6) is 0 Å². The molecule has 92 valence electrons. The number of benzene rings is 1. The number of nitrogens with one attached hydrogen (secondary N) is 1. The Labute approximate surface area is 107 Å². The lowest BCUT2D eigenvalue weighted by Crippen LogP contribution is -2.32. The first-order valence-corrected chi connectivity index (χ1v) is 6.39. The first-order chi connectivity index (χ1) is 8.20. The van der Waals surface area contributed by atoms with Gasteiger partial charge in [0.2, 0.25) is 0 Å². The third kappa shape index (κ3) is 2.99. The molecule has 0 aliphatic heterocycles. The fourth-order valence-electron chi connectivity index (χ4n) is 2.29. The van der Waals surface area contributed by atoms with Gasteiger partial charge in [0.15, 0.2) is 0 Å². The Hall–Kier alpha value is -1.06. The zero-order chi connectivity index (χ0) is 12.3. The molecule has 3 nitrogen and oxygen atoms in total. The minimum Gasteiger partial charge on any atom is -0.308 e. The topological polar surface area (TPSA) is 50.4 Å². The van der Waals surface area contributed by atoms with Gasteiger partial charge in [-0.05, 0) is 43.5 Å². The second kappa shape index (κ2) is 5.52. The van der Waals surface area contributed by atoms with E-state index in [0.29, 0.717) is 6.04 Å². The number of aryl methyl sites for hydroxylation is 1. The third-order valence-electron chi connectivity index (χ3n) is 3.22.